The minimum Gasteiger partial charge on any atom is -0.468 e. The maximum Gasteiger partial charge on any atom is 0.355 e. The third-order valence-corrected chi connectivity index (χ3v) is 8.55. The zero-order chi connectivity index (χ0) is 31.9. The van der Waals surface area contributed by atoms with Gasteiger partial charge in [0.25, 0.3) is 0 Å². The van der Waals surface area contributed by atoms with Crippen LogP contribution in [-0.2, 0) is 20.8 Å². The number of aliphatic hydroxyl groups is 1. The molecule has 5 atom stereocenters. The highest BCUT2D eigenvalue weighted by molar-refractivity contribution is 5.87. The lowest BCUT2D eigenvalue weighted by molar-refractivity contribution is -0.305. The van der Waals surface area contributed by atoms with Crippen LogP contribution in [0.2, 0.25) is 0 Å². The number of aliphatic hydroxyl groups excluding tert-OH is 1. The van der Waals surface area contributed by atoms with Gasteiger partial charge in [-0.3, -0.25) is 4.90 Å². The number of carbonyl (C=O) groups excluding carboxylic acids is 1. The molecule has 4 aromatic rings. The van der Waals surface area contributed by atoms with Crippen molar-refractivity contribution in [3.05, 3.63) is 87.4 Å². The molecule has 3 N–H and O–H groups in total. The number of methoxy groups -OCH3 is 1. The Morgan fingerprint density at radius 3 is 2.71 bits per heavy atom. The van der Waals surface area contributed by atoms with Gasteiger partial charge in [-0.2, -0.15) is 0 Å². The molecule has 1 unspecified atom stereocenters. The number of aromatic amines is 1. The van der Waals surface area contributed by atoms with Gasteiger partial charge in [-0.05, 0) is 69.7 Å². The predicted octanol–water partition coefficient (Wildman–Crippen LogP) is 3.59. The Morgan fingerprint density at radius 2 is 2.00 bits per heavy atom. The molecule has 5 heterocycles. The predicted molar refractivity (Wildman–Crippen MR) is 163 cm³/mol. The van der Waals surface area contributed by atoms with Crippen molar-refractivity contribution in [1.29, 1.82) is 0 Å². The van der Waals surface area contributed by atoms with Gasteiger partial charge < -0.3 is 43.2 Å². The van der Waals surface area contributed by atoms with Gasteiger partial charge in [-0.25, -0.2) is 9.59 Å². The van der Waals surface area contributed by atoms with E-state index in [-0.39, 0.29) is 11.7 Å². The quantitative estimate of drug-likeness (QED) is 0.196. The molecule has 12 heteroatoms. The monoisotopic (exact) mass is 621 g/mol. The van der Waals surface area contributed by atoms with E-state index in [0.717, 1.165) is 42.0 Å². The van der Waals surface area contributed by atoms with Crippen LogP contribution in [0.25, 0.3) is 11.0 Å². The fraction of sp³-hybridized carbons (Fsp3) is 0.455. The number of hydrogen-bond donors (Lipinski definition) is 3. The topological polar surface area (TPSA) is 149 Å². The van der Waals surface area contributed by atoms with Crippen molar-refractivity contribution < 1.29 is 37.7 Å². The number of esters is 1. The van der Waals surface area contributed by atoms with E-state index in [1.165, 1.54) is 13.2 Å². The number of hydrogen-bond acceptors (Lipinski definition) is 11. The Labute approximate surface area is 260 Å². The van der Waals surface area contributed by atoms with E-state index in [0.29, 0.717) is 23.4 Å². The van der Waals surface area contributed by atoms with Crippen LogP contribution in [0.4, 0.5) is 0 Å². The van der Waals surface area contributed by atoms with Crippen LogP contribution in [0.1, 0.15) is 53.0 Å². The van der Waals surface area contributed by atoms with Gasteiger partial charge in [0, 0.05) is 56.0 Å². The number of benzene rings is 1. The third-order valence-electron chi connectivity index (χ3n) is 8.55. The highest BCUT2D eigenvalue weighted by Gasteiger charge is 2.53. The number of aromatic nitrogens is 1. The van der Waals surface area contributed by atoms with Crippen molar-refractivity contribution in [1.82, 2.24) is 15.2 Å². The van der Waals surface area contributed by atoms with Crippen molar-refractivity contribution in [3.63, 3.8) is 0 Å². The molecule has 0 spiro atoms. The smallest absolute Gasteiger partial charge is 0.355 e. The summed E-state index contributed by atoms with van der Waals surface area (Å²) in [6.45, 7) is 10.0. The zero-order valence-electron chi connectivity index (χ0n) is 26.0. The second kappa shape index (κ2) is 12.5. The average Bonchev–Trinajstić information content (AvgIpc) is 3.70. The maximum absolute atomic E-state index is 12.9. The first-order chi connectivity index (χ1) is 21.5. The molecule has 1 aromatic carbocycles. The summed E-state index contributed by atoms with van der Waals surface area (Å²) in [6, 6.07) is 12.4. The normalized spacial score (nSPS) is 25.3. The standard InChI is InChI=1S/C33H39N3O9/c1-18-8-10-22(35-18)31(39)44-29-27(38)32(45-33(3,4)30(29)40-5)42-24-11-9-21-20(15-26(37)43-28(21)19(24)2)16-36-13-12-34-23(17-36)25-7-6-14-41-25/h6-11,14-15,23,27,29-30,32,34-35,38H,12-13,16-17H2,1-5H3/t23?,27-,29+,30-,32-/m1/s1. The van der Waals surface area contributed by atoms with E-state index in [9.17, 15) is 14.7 Å². The van der Waals surface area contributed by atoms with Crippen molar-refractivity contribution in [2.24, 2.45) is 0 Å². The number of rotatable bonds is 8. The number of ether oxygens (including phenoxy) is 4. The lowest BCUT2D eigenvalue weighted by Crippen LogP contribution is -2.65. The number of piperazine rings is 1. The van der Waals surface area contributed by atoms with Crippen LogP contribution in [-0.4, -0.2) is 77.9 Å². The molecule has 6 rings (SSSR count). The fourth-order valence-corrected chi connectivity index (χ4v) is 6.29. The molecule has 0 radical (unpaired) electrons. The molecule has 12 nitrogen and oxygen atoms in total. The molecule has 2 aliphatic rings. The molecule has 0 amide bonds. The Bertz CT molecular complexity index is 1710. The van der Waals surface area contributed by atoms with Gasteiger partial charge in [0.05, 0.1) is 17.9 Å². The summed E-state index contributed by atoms with van der Waals surface area (Å²) in [7, 11) is 1.47. The van der Waals surface area contributed by atoms with E-state index in [1.807, 2.05) is 25.1 Å². The first-order valence-corrected chi connectivity index (χ1v) is 15.0. The largest absolute Gasteiger partial charge is 0.468 e. The fourth-order valence-electron chi connectivity index (χ4n) is 6.29. The molecule has 0 saturated carbocycles. The molecule has 45 heavy (non-hydrogen) atoms. The van der Waals surface area contributed by atoms with Gasteiger partial charge in [-0.1, -0.05) is 0 Å². The molecule has 2 fully saturated rings. The van der Waals surface area contributed by atoms with E-state index in [4.69, 9.17) is 27.8 Å². The molecule has 3 aromatic heterocycles. The number of aryl methyl sites for hydroxylation is 2. The van der Waals surface area contributed by atoms with E-state index in [2.05, 4.69) is 15.2 Å². The van der Waals surface area contributed by atoms with Gasteiger partial charge in [0.15, 0.2) is 12.2 Å². The minimum absolute atomic E-state index is 0.0563. The highest BCUT2D eigenvalue weighted by atomic mass is 16.7. The van der Waals surface area contributed by atoms with Crippen LogP contribution >= 0.6 is 0 Å². The summed E-state index contributed by atoms with van der Waals surface area (Å²) < 4.78 is 35.1. The van der Waals surface area contributed by atoms with E-state index >= 15 is 0 Å². The zero-order valence-corrected chi connectivity index (χ0v) is 26.0. The number of nitrogens with one attached hydrogen (secondary N) is 2. The first-order valence-electron chi connectivity index (χ1n) is 15.0. The second-order valence-electron chi connectivity index (χ2n) is 12.2. The highest BCUT2D eigenvalue weighted by Crippen LogP contribution is 2.37. The van der Waals surface area contributed by atoms with Gasteiger partial charge >= 0.3 is 11.6 Å². The Hall–Kier alpha value is -3.94. The van der Waals surface area contributed by atoms with Crippen LogP contribution in [0.5, 0.6) is 5.75 Å². The first kappa shape index (κ1) is 31.1. The number of nitrogens with zero attached hydrogens (tertiary/aromatic N) is 1. The van der Waals surface area contributed by atoms with Gasteiger partial charge in [-0.15, -0.1) is 0 Å². The number of H-pyrrole nitrogens is 1. The van der Waals surface area contributed by atoms with E-state index in [1.54, 1.807) is 45.2 Å². The second-order valence-corrected chi connectivity index (χ2v) is 12.2. The molecular weight excluding hydrogens is 582 g/mol. The average molecular weight is 622 g/mol. The van der Waals surface area contributed by atoms with Crippen molar-refractivity contribution >= 4 is 16.9 Å². The molecule has 240 valence electrons. The van der Waals surface area contributed by atoms with Crippen molar-refractivity contribution in [2.75, 3.05) is 26.7 Å². The van der Waals surface area contributed by atoms with Crippen LogP contribution in [0, 0.1) is 13.8 Å². The van der Waals surface area contributed by atoms with Crippen LogP contribution in [0.3, 0.4) is 0 Å². The third kappa shape index (κ3) is 6.29. The Balaban J connectivity index is 1.24. The van der Waals surface area contributed by atoms with Crippen LogP contribution < -0.4 is 15.7 Å². The minimum atomic E-state index is -1.40. The molecule has 2 aliphatic heterocycles. The Morgan fingerprint density at radius 1 is 1.18 bits per heavy atom. The Kier molecular flexibility index (Phi) is 8.59. The van der Waals surface area contributed by atoms with Crippen molar-refractivity contribution in [3.8, 4) is 5.75 Å². The van der Waals surface area contributed by atoms with Crippen LogP contribution in [0.15, 0.2) is 62.4 Å². The lowest BCUT2D eigenvalue weighted by atomic mass is 9.89. The van der Waals surface area contributed by atoms with E-state index < -0.39 is 41.8 Å². The van der Waals surface area contributed by atoms with Gasteiger partial charge in [0.2, 0.25) is 6.29 Å². The number of fused-ring (bicyclic) bond motifs is 1. The molecule has 0 aliphatic carbocycles. The summed E-state index contributed by atoms with van der Waals surface area (Å²) in [4.78, 5) is 30.9. The lowest BCUT2D eigenvalue weighted by Gasteiger charge is -2.47. The van der Waals surface area contributed by atoms with Gasteiger partial charge in [0.1, 0.15) is 28.9 Å². The maximum atomic E-state index is 12.9. The molecule has 0 bridgehead atoms. The number of carbonyl (C=O) groups is 1. The SMILES string of the molecule is CO[C@@H]1[C@@H](OC(=O)c2ccc(C)[nH]2)[C@@H](O)[C@H](Oc2ccc3c(CN4CCNC(c5ccco5)C4)cc(=O)oc3c2C)OC1(C)C. The summed E-state index contributed by atoms with van der Waals surface area (Å²) >= 11 is 0. The molecular formula is C33H39N3O9. The summed E-state index contributed by atoms with van der Waals surface area (Å²) in [5, 5.41) is 15.6. The molecule has 2 saturated heterocycles. The van der Waals surface area contributed by atoms with Crippen molar-refractivity contribution in [2.45, 2.75) is 70.5 Å². The number of furan rings is 1. The summed E-state index contributed by atoms with van der Waals surface area (Å²) in [5.41, 5.74) is 1.36. The summed E-state index contributed by atoms with van der Waals surface area (Å²) in [6.07, 6.45) is -2.84. The summed E-state index contributed by atoms with van der Waals surface area (Å²) in [5.74, 6) is 0.587.